The van der Waals surface area contributed by atoms with Crippen LogP contribution < -0.4 is 0 Å². The van der Waals surface area contributed by atoms with Crippen molar-refractivity contribution in [3.8, 4) is 11.1 Å². The van der Waals surface area contributed by atoms with Crippen molar-refractivity contribution in [1.82, 2.24) is 0 Å². The molecule has 0 bridgehead atoms. The molecular formula is C32H32F2O4. The summed E-state index contributed by atoms with van der Waals surface area (Å²) in [5.74, 6) is -1.29. The van der Waals surface area contributed by atoms with E-state index in [-0.39, 0.29) is 35.9 Å². The minimum atomic E-state index is -0.721. The van der Waals surface area contributed by atoms with Crippen molar-refractivity contribution in [2.24, 2.45) is 5.92 Å². The maximum absolute atomic E-state index is 14.0. The number of carboxylic acid groups (broad SMARTS) is 1. The molecule has 0 atom stereocenters. The number of ketones is 2. The Morgan fingerprint density at radius 3 is 2.13 bits per heavy atom. The molecule has 0 aliphatic heterocycles. The largest absolute Gasteiger partial charge is 0.481 e. The lowest BCUT2D eigenvalue weighted by Gasteiger charge is -2.28. The van der Waals surface area contributed by atoms with Gasteiger partial charge in [-0.15, -0.1) is 0 Å². The van der Waals surface area contributed by atoms with E-state index in [0.29, 0.717) is 36.3 Å². The van der Waals surface area contributed by atoms with Gasteiger partial charge in [-0.3, -0.25) is 14.4 Å². The lowest BCUT2D eigenvalue weighted by molar-refractivity contribution is -0.138. The third kappa shape index (κ3) is 7.44. The second-order valence-electron chi connectivity index (χ2n) is 10.3. The summed E-state index contributed by atoms with van der Waals surface area (Å²) in [5.41, 5.74) is 3.52. The van der Waals surface area contributed by atoms with E-state index in [2.05, 4.69) is 12.1 Å². The van der Waals surface area contributed by atoms with Crippen LogP contribution in [0.2, 0.25) is 0 Å². The molecule has 0 saturated heterocycles. The average Bonchev–Trinajstić information content (AvgIpc) is 2.89. The van der Waals surface area contributed by atoms with Gasteiger partial charge in [0.05, 0.1) is 0 Å². The van der Waals surface area contributed by atoms with Gasteiger partial charge in [-0.25, -0.2) is 8.78 Å². The first-order chi connectivity index (χ1) is 18.3. The third-order valence-corrected chi connectivity index (χ3v) is 7.47. The molecule has 4 nitrogen and oxygen atoms in total. The number of carbonyl (C=O) groups excluding carboxylic acids is 2. The van der Waals surface area contributed by atoms with Crippen molar-refractivity contribution in [1.29, 1.82) is 0 Å². The summed E-state index contributed by atoms with van der Waals surface area (Å²) in [5, 5.41) is 8.98. The molecule has 3 aromatic carbocycles. The quantitative estimate of drug-likeness (QED) is 0.266. The first-order valence-electron chi connectivity index (χ1n) is 13.2. The monoisotopic (exact) mass is 518 g/mol. The lowest BCUT2D eigenvalue weighted by Crippen LogP contribution is -2.16. The zero-order valence-electron chi connectivity index (χ0n) is 21.3. The molecule has 0 aromatic heterocycles. The molecular weight excluding hydrogens is 486 g/mol. The van der Waals surface area contributed by atoms with Crippen LogP contribution in [0.4, 0.5) is 8.78 Å². The number of carboxylic acids is 1. The van der Waals surface area contributed by atoms with Crippen molar-refractivity contribution in [2.45, 2.75) is 63.7 Å². The first kappa shape index (κ1) is 27.4. The number of hydrogen-bond acceptors (Lipinski definition) is 3. The van der Waals surface area contributed by atoms with E-state index in [1.807, 2.05) is 12.1 Å². The molecule has 38 heavy (non-hydrogen) atoms. The Morgan fingerprint density at radius 1 is 0.816 bits per heavy atom. The van der Waals surface area contributed by atoms with Gasteiger partial charge in [-0.1, -0.05) is 48.5 Å². The molecule has 1 aliphatic carbocycles. The van der Waals surface area contributed by atoms with E-state index in [9.17, 15) is 23.2 Å². The normalized spacial score (nSPS) is 17.2. The Balaban J connectivity index is 1.20. The van der Waals surface area contributed by atoms with Gasteiger partial charge in [0.25, 0.3) is 0 Å². The summed E-state index contributed by atoms with van der Waals surface area (Å²) in [4.78, 5) is 35.9. The van der Waals surface area contributed by atoms with E-state index in [1.165, 1.54) is 17.7 Å². The summed E-state index contributed by atoms with van der Waals surface area (Å²) in [7, 11) is 0. The second kappa shape index (κ2) is 12.7. The topological polar surface area (TPSA) is 71.4 Å². The van der Waals surface area contributed by atoms with Crippen LogP contribution in [0, 0.1) is 17.6 Å². The molecule has 0 unspecified atom stereocenters. The van der Waals surface area contributed by atoms with Crippen molar-refractivity contribution in [3.63, 3.8) is 0 Å². The van der Waals surface area contributed by atoms with Gasteiger partial charge in [0.15, 0.2) is 5.78 Å². The molecule has 3 aromatic rings. The SMILES string of the molecule is O=C(O)CC1CCC(c2ccc(CC(=O)CCCC(=O)c3ccc(-c4ccc(F)cc4F)cc3)cc2)CC1. The van der Waals surface area contributed by atoms with Crippen LogP contribution in [0.3, 0.4) is 0 Å². The van der Waals surface area contributed by atoms with Gasteiger partial charge >= 0.3 is 5.97 Å². The van der Waals surface area contributed by atoms with E-state index >= 15 is 0 Å². The van der Waals surface area contributed by atoms with Crippen molar-refractivity contribution < 1.29 is 28.3 Å². The fourth-order valence-corrected chi connectivity index (χ4v) is 5.32. The summed E-state index contributed by atoms with van der Waals surface area (Å²) >= 11 is 0. The van der Waals surface area contributed by atoms with Crippen LogP contribution in [0.15, 0.2) is 66.7 Å². The predicted octanol–water partition coefficient (Wildman–Crippen LogP) is 7.55. The van der Waals surface area contributed by atoms with Crippen molar-refractivity contribution >= 4 is 17.5 Å². The summed E-state index contributed by atoms with van der Waals surface area (Å²) in [6, 6.07) is 18.1. The molecule has 4 rings (SSSR count). The molecule has 1 N–H and O–H groups in total. The minimum absolute atomic E-state index is 0.0774. The van der Waals surface area contributed by atoms with Gasteiger partial charge in [0.2, 0.25) is 0 Å². The lowest BCUT2D eigenvalue weighted by atomic mass is 9.77. The van der Waals surface area contributed by atoms with Gasteiger partial charge in [-0.2, -0.15) is 0 Å². The van der Waals surface area contributed by atoms with E-state index in [4.69, 9.17) is 5.11 Å². The molecule has 198 valence electrons. The van der Waals surface area contributed by atoms with Crippen LogP contribution in [0.1, 0.15) is 78.8 Å². The smallest absolute Gasteiger partial charge is 0.303 e. The average molecular weight is 519 g/mol. The summed E-state index contributed by atoms with van der Waals surface area (Å²) in [6.45, 7) is 0. The summed E-state index contributed by atoms with van der Waals surface area (Å²) < 4.78 is 27.1. The van der Waals surface area contributed by atoms with Crippen molar-refractivity contribution in [3.05, 3.63) is 95.1 Å². The van der Waals surface area contributed by atoms with Crippen LogP contribution in [0.5, 0.6) is 0 Å². The standard InChI is InChI=1S/C32H32F2O4/c33-27-16-17-29(30(34)20-27)25-12-14-26(15-13-25)31(36)3-1-2-28(35)18-21-4-8-23(9-5-21)24-10-6-22(7-11-24)19-32(37)38/h4-5,8-9,12-17,20,22,24H,1-3,6-7,10-11,18-19H2,(H,37,38). The zero-order valence-corrected chi connectivity index (χ0v) is 21.3. The Morgan fingerprint density at radius 2 is 1.50 bits per heavy atom. The third-order valence-electron chi connectivity index (χ3n) is 7.47. The zero-order chi connectivity index (χ0) is 27.1. The predicted molar refractivity (Wildman–Crippen MR) is 142 cm³/mol. The number of Topliss-reactive ketones (excluding diaryl/α,β-unsaturated/α-hetero) is 2. The highest BCUT2D eigenvalue weighted by atomic mass is 19.1. The number of halogens is 2. The minimum Gasteiger partial charge on any atom is -0.481 e. The van der Waals surface area contributed by atoms with Gasteiger partial charge in [-0.05, 0) is 72.8 Å². The van der Waals surface area contributed by atoms with E-state index in [0.717, 1.165) is 37.3 Å². The van der Waals surface area contributed by atoms with Crippen molar-refractivity contribution in [2.75, 3.05) is 0 Å². The highest BCUT2D eigenvalue weighted by Gasteiger charge is 2.24. The molecule has 0 heterocycles. The Hall–Kier alpha value is -3.67. The van der Waals surface area contributed by atoms with Crippen LogP contribution in [0.25, 0.3) is 11.1 Å². The number of benzene rings is 3. The molecule has 1 fully saturated rings. The molecule has 0 radical (unpaired) electrons. The Kier molecular flexibility index (Phi) is 9.16. The number of rotatable bonds is 11. The van der Waals surface area contributed by atoms with Crippen LogP contribution >= 0.6 is 0 Å². The fraction of sp³-hybridized carbons (Fsp3) is 0.344. The second-order valence-corrected chi connectivity index (χ2v) is 10.3. The van der Waals surface area contributed by atoms with E-state index in [1.54, 1.807) is 24.3 Å². The van der Waals surface area contributed by atoms with Crippen LogP contribution in [-0.4, -0.2) is 22.6 Å². The van der Waals surface area contributed by atoms with Gasteiger partial charge < -0.3 is 5.11 Å². The highest BCUT2D eigenvalue weighted by Crippen LogP contribution is 2.37. The number of carbonyl (C=O) groups is 3. The van der Waals surface area contributed by atoms with Gasteiger partial charge in [0.1, 0.15) is 17.4 Å². The summed E-state index contributed by atoms with van der Waals surface area (Å²) in [6.07, 6.45) is 5.48. The molecule has 6 heteroatoms. The van der Waals surface area contributed by atoms with Crippen LogP contribution in [-0.2, 0) is 16.0 Å². The fourth-order valence-electron chi connectivity index (χ4n) is 5.32. The van der Waals surface area contributed by atoms with E-state index < -0.39 is 17.6 Å². The molecule has 1 saturated carbocycles. The molecule has 0 spiro atoms. The maximum atomic E-state index is 14.0. The highest BCUT2D eigenvalue weighted by molar-refractivity contribution is 5.96. The maximum Gasteiger partial charge on any atom is 0.303 e. The molecule has 0 amide bonds. The number of aliphatic carboxylic acids is 1. The Labute approximate surface area is 221 Å². The van der Waals surface area contributed by atoms with Gasteiger partial charge in [0, 0.05) is 42.9 Å². The first-order valence-corrected chi connectivity index (χ1v) is 13.2. The Bertz CT molecular complexity index is 1270. The number of hydrogen-bond donors (Lipinski definition) is 1. The molecule has 1 aliphatic rings.